The molecule has 0 radical (unpaired) electrons. The maximum atomic E-state index is 12.5. The molecule has 2 unspecified atom stereocenters. The Bertz CT molecular complexity index is 813. The van der Waals surface area contributed by atoms with E-state index >= 15 is 0 Å². The lowest BCUT2D eigenvalue weighted by atomic mass is 10.1. The fraction of sp³-hybridized carbons (Fsp3) is 0.743. The maximum absolute atomic E-state index is 12.5. The predicted molar refractivity (Wildman–Crippen MR) is 174 cm³/mol. The van der Waals surface area contributed by atoms with Gasteiger partial charge in [-0.15, -0.1) is 0 Å². The number of quaternary nitrogens is 1. The van der Waals surface area contributed by atoms with Crippen molar-refractivity contribution in [2.24, 2.45) is 0 Å². The zero-order valence-corrected chi connectivity index (χ0v) is 27.9. The number of carbonyl (C=O) groups is 3. The molecule has 1 N–H and O–H groups in total. The third-order valence-electron chi connectivity index (χ3n) is 7.09. The number of hydrogen-bond acceptors (Lipinski definition) is 6. The standard InChI is InChI=1S/C35H61NO7/c1-6-8-10-12-14-16-18-20-22-24-26-34(38)43-31(29-41-28-27-32(35(39)40)36(3,4)5)30-42-33(37)25-23-21-19-17-15-13-11-9-7-2/h9,11,15,17,21,23,31-32H,6-8,10,12-14,16,18-20,22,24-30H2,1-5H3/p+1/b11-9+,17-15+,23-21+. The first-order valence-corrected chi connectivity index (χ1v) is 16.5. The molecule has 248 valence electrons. The largest absolute Gasteiger partial charge is 0.477 e. The van der Waals surface area contributed by atoms with Gasteiger partial charge in [-0.2, -0.15) is 0 Å². The van der Waals surface area contributed by atoms with Gasteiger partial charge in [0.05, 0.1) is 40.8 Å². The summed E-state index contributed by atoms with van der Waals surface area (Å²) >= 11 is 0. The smallest absolute Gasteiger partial charge is 0.362 e. The Morgan fingerprint density at radius 3 is 1.84 bits per heavy atom. The van der Waals surface area contributed by atoms with Crippen molar-refractivity contribution in [3.8, 4) is 0 Å². The number of aliphatic carboxylic acids is 1. The average molecular weight is 609 g/mol. The van der Waals surface area contributed by atoms with E-state index in [-0.39, 0.29) is 36.7 Å². The van der Waals surface area contributed by atoms with E-state index in [4.69, 9.17) is 14.2 Å². The van der Waals surface area contributed by atoms with Crippen molar-refractivity contribution in [2.45, 2.75) is 129 Å². The molecule has 0 rings (SSSR count). The minimum atomic E-state index is -0.888. The van der Waals surface area contributed by atoms with Crippen molar-refractivity contribution >= 4 is 17.9 Å². The summed E-state index contributed by atoms with van der Waals surface area (Å²) < 4.78 is 17.0. The molecule has 0 bridgehead atoms. The quantitative estimate of drug-likeness (QED) is 0.0423. The number of nitrogens with zero attached hydrogens (tertiary/aromatic N) is 1. The van der Waals surface area contributed by atoms with Crippen molar-refractivity contribution in [1.29, 1.82) is 0 Å². The molecule has 0 aliphatic rings. The summed E-state index contributed by atoms with van der Waals surface area (Å²) in [5.74, 6) is -1.63. The second-order valence-corrected chi connectivity index (χ2v) is 12.1. The third kappa shape index (κ3) is 25.7. The molecule has 2 atom stereocenters. The van der Waals surface area contributed by atoms with Gasteiger partial charge >= 0.3 is 17.9 Å². The van der Waals surface area contributed by atoms with E-state index in [1.165, 1.54) is 44.9 Å². The molecule has 0 spiro atoms. The number of hydrogen-bond donors (Lipinski definition) is 1. The van der Waals surface area contributed by atoms with Crippen LogP contribution in [0.4, 0.5) is 0 Å². The predicted octanol–water partition coefficient (Wildman–Crippen LogP) is 7.57. The van der Waals surface area contributed by atoms with Gasteiger partial charge in [-0.25, -0.2) is 4.79 Å². The highest BCUT2D eigenvalue weighted by Gasteiger charge is 2.31. The summed E-state index contributed by atoms with van der Waals surface area (Å²) in [5, 5.41) is 9.53. The van der Waals surface area contributed by atoms with Gasteiger partial charge in [-0.1, -0.05) is 108 Å². The summed E-state index contributed by atoms with van der Waals surface area (Å²) in [7, 11) is 5.48. The Labute approximate surface area is 262 Å². The molecule has 43 heavy (non-hydrogen) atoms. The number of esters is 2. The fourth-order valence-electron chi connectivity index (χ4n) is 4.50. The van der Waals surface area contributed by atoms with Crippen LogP contribution < -0.4 is 0 Å². The molecule has 0 aromatic heterocycles. The highest BCUT2D eigenvalue weighted by molar-refractivity contribution is 5.72. The van der Waals surface area contributed by atoms with Crippen molar-refractivity contribution in [2.75, 3.05) is 41.0 Å². The molecule has 0 fully saturated rings. The Morgan fingerprint density at radius 1 is 0.721 bits per heavy atom. The van der Waals surface area contributed by atoms with Gasteiger partial charge in [0.15, 0.2) is 12.1 Å². The molecule has 0 amide bonds. The minimum Gasteiger partial charge on any atom is -0.477 e. The summed E-state index contributed by atoms with van der Waals surface area (Å²) in [6.07, 6.45) is 26.6. The van der Waals surface area contributed by atoms with Gasteiger partial charge in [0.1, 0.15) is 6.61 Å². The molecule has 0 aromatic rings. The van der Waals surface area contributed by atoms with Gasteiger partial charge in [0, 0.05) is 12.8 Å². The van der Waals surface area contributed by atoms with Gasteiger partial charge in [-0.3, -0.25) is 9.59 Å². The van der Waals surface area contributed by atoms with E-state index in [1.54, 1.807) is 6.08 Å². The summed E-state index contributed by atoms with van der Waals surface area (Å²) in [4.78, 5) is 36.4. The van der Waals surface area contributed by atoms with E-state index in [0.29, 0.717) is 12.8 Å². The summed E-state index contributed by atoms with van der Waals surface area (Å²) in [6.45, 7) is 4.46. The van der Waals surface area contributed by atoms with E-state index < -0.39 is 24.1 Å². The highest BCUT2D eigenvalue weighted by Crippen LogP contribution is 2.13. The Kier molecular flexibility index (Phi) is 25.6. The number of carboxylic acids is 1. The number of carbonyl (C=O) groups excluding carboxylic acids is 2. The minimum absolute atomic E-state index is 0.0354. The zero-order chi connectivity index (χ0) is 32.2. The van der Waals surface area contributed by atoms with Gasteiger partial charge in [0.25, 0.3) is 0 Å². The first-order chi connectivity index (χ1) is 20.6. The highest BCUT2D eigenvalue weighted by atomic mass is 16.6. The fourth-order valence-corrected chi connectivity index (χ4v) is 4.50. The lowest BCUT2D eigenvalue weighted by Gasteiger charge is -2.31. The molecule has 0 aromatic carbocycles. The lowest BCUT2D eigenvalue weighted by molar-refractivity contribution is -0.887. The van der Waals surface area contributed by atoms with Crippen LogP contribution in [0.5, 0.6) is 0 Å². The molecule has 0 heterocycles. The molecular formula is C35H62NO7+. The monoisotopic (exact) mass is 608 g/mol. The van der Waals surface area contributed by atoms with Crippen molar-refractivity contribution in [3.05, 3.63) is 36.5 Å². The van der Waals surface area contributed by atoms with Crippen molar-refractivity contribution in [1.82, 2.24) is 0 Å². The van der Waals surface area contributed by atoms with Crippen LogP contribution in [0.1, 0.15) is 117 Å². The number of unbranched alkanes of at least 4 members (excludes halogenated alkanes) is 9. The van der Waals surface area contributed by atoms with Gasteiger partial charge in [0.2, 0.25) is 0 Å². The maximum Gasteiger partial charge on any atom is 0.362 e. The number of likely N-dealkylation sites (N-methyl/N-ethyl adjacent to an activating group) is 1. The molecule has 0 aliphatic carbocycles. The summed E-state index contributed by atoms with van der Waals surface area (Å²) in [6, 6.07) is -0.621. The second kappa shape index (κ2) is 27.1. The van der Waals surface area contributed by atoms with Crippen LogP contribution in [0.2, 0.25) is 0 Å². The van der Waals surface area contributed by atoms with Crippen LogP contribution in [0.3, 0.4) is 0 Å². The number of rotatable bonds is 28. The Balaban J connectivity index is 4.61. The molecule has 0 saturated heterocycles. The van der Waals surface area contributed by atoms with Crippen molar-refractivity contribution < 1.29 is 38.2 Å². The molecule has 0 aliphatic heterocycles. The normalized spacial score (nSPS) is 13.6. The van der Waals surface area contributed by atoms with E-state index in [0.717, 1.165) is 38.5 Å². The molecule has 8 heteroatoms. The van der Waals surface area contributed by atoms with Gasteiger partial charge in [-0.05, 0) is 25.7 Å². The van der Waals surface area contributed by atoms with Crippen LogP contribution in [0, 0.1) is 0 Å². The molecule has 0 saturated carbocycles. The first kappa shape index (κ1) is 40.5. The van der Waals surface area contributed by atoms with Crippen LogP contribution in [-0.2, 0) is 28.6 Å². The number of ether oxygens (including phenoxy) is 3. The lowest BCUT2D eigenvalue weighted by Crippen LogP contribution is -2.50. The van der Waals surface area contributed by atoms with Crippen LogP contribution in [0.25, 0.3) is 0 Å². The van der Waals surface area contributed by atoms with Crippen molar-refractivity contribution in [3.63, 3.8) is 0 Å². The SMILES string of the molecule is CC/C=C/C/C=C/C/C=C/CC(=O)OCC(COCCC(C(=O)O)[N+](C)(C)C)OC(=O)CCCCCCCCCCCC. The van der Waals surface area contributed by atoms with Crippen LogP contribution >= 0.6 is 0 Å². The number of carboxylic acid groups (broad SMARTS) is 1. The molecule has 8 nitrogen and oxygen atoms in total. The third-order valence-corrected chi connectivity index (χ3v) is 7.09. The Hall–Kier alpha value is -2.45. The van der Waals surface area contributed by atoms with E-state index in [2.05, 4.69) is 38.2 Å². The first-order valence-electron chi connectivity index (χ1n) is 16.5. The Morgan fingerprint density at radius 2 is 1.28 bits per heavy atom. The van der Waals surface area contributed by atoms with Crippen LogP contribution in [-0.4, -0.2) is 80.6 Å². The van der Waals surface area contributed by atoms with E-state index in [9.17, 15) is 19.5 Å². The number of allylic oxidation sites excluding steroid dienone is 5. The van der Waals surface area contributed by atoms with Crippen LogP contribution in [0.15, 0.2) is 36.5 Å². The van der Waals surface area contributed by atoms with E-state index in [1.807, 2.05) is 27.2 Å². The van der Waals surface area contributed by atoms with Gasteiger partial charge < -0.3 is 23.8 Å². The average Bonchev–Trinajstić information content (AvgIpc) is 2.94. The zero-order valence-electron chi connectivity index (χ0n) is 27.9. The summed E-state index contributed by atoms with van der Waals surface area (Å²) in [5.41, 5.74) is 0. The topological polar surface area (TPSA) is 99.1 Å². The molecular weight excluding hydrogens is 546 g/mol. The second-order valence-electron chi connectivity index (χ2n) is 12.1.